The highest BCUT2D eigenvalue weighted by molar-refractivity contribution is 5.82. The number of Topliss-reactive ketones (excluding diaryl/α,β-unsaturated/α-hetero) is 1. The first-order valence-electron chi connectivity index (χ1n) is 7.75. The first-order chi connectivity index (χ1) is 8.85. The van der Waals surface area contributed by atoms with Crippen LogP contribution in [0.25, 0.3) is 0 Å². The minimum atomic E-state index is 0.271. The van der Waals surface area contributed by atoms with Crippen LogP contribution in [0.15, 0.2) is 0 Å². The SMILES string of the molecule is CN1CCC(CN(C)CC2CC(C)(C)CCC2=O)C1. The van der Waals surface area contributed by atoms with Gasteiger partial charge in [0.25, 0.3) is 0 Å². The van der Waals surface area contributed by atoms with Crippen LogP contribution in [0.5, 0.6) is 0 Å². The lowest BCUT2D eigenvalue weighted by Crippen LogP contribution is -2.39. The van der Waals surface area contributed by atoms with E-state index in [0.717, 1.165) is 38.3 Å². The highest BCUT2D eigenvalue weighted by atomic mass is 16.1. The van der Waals surface area contributed by atoms with Crippen molar-refractivity contribution in [3.63, 3.8) is 0 Å². The quantitative estimate of drug-likeness (QED) is 0.780. The van der Waals surface area contributed by atoms with Crippen molar-refractivity contribution in [2.24, 2.45) is 17.3 Å². The van der Waals surface area contributed by atoms with Gasteiger partial charge in [0.05, 0.1) is 0 Å². The number of carbonyl (C=O) groups is 1. The molecule has 1 saturated heterocycles. The second-order valence-electron chi connectivity index (χ2n) is 7.67. The van der Waals surface area contributed by atoms with Crippen molar-refractivity contribution in [1.82, 2.24) is 9.80 Å². The second kappa shape index (κ2) is 5.92. The fraction of sp³-hybridized carbons (Fsp3) is 0.938. The van der Waals surface area contributed by atoms with Crippen LogP contribution >= 0.6 is 0 Å². The molecule has 0 amide bonds. The van der Waals surface area contributed by atoms with Crippen molar-refractivity contribution in [2.75, 3.05) is 40.3 Å². The first-order valence-corrected chi connectivity index (χ1v) is 7.75. The summed E-state index contributed by atoms with van der Waals surface area (Å²) in [5.41, 5.74) is 0.354. The molecule has 1 saturated carbocycles. The number of ketones is 1. The predicted octanol–water partition coefficient (Wildman–Crippen LogP) is 2.27. The van der Waals surface area contributed by atoms with E-state index in [9.17, 15) is 4.79 Å². The van der Waals surface area contributed by atoms with Crippen LogP contribution < -0.4 is 0 Å². The van der Waals surface area contributed by atoms with Gasteiger partial charge in [-0.05, 0) is 51.2 Å². The summed E-state index contributed by atoms with van der Waals surface area (Å²) in [6, 6.07) is 0. The molecule has 2 aliphatic rings. The molecule has 2 atom stereocenters. The molecule has 3 nitrogen and oxygen atoms in total. The maximum absolute atomic E-state index is 12.1. The molecule has 19 heavy (non-hydrogen) atoms. The molecule has 1 heterocycles. The van der Waals surface area contributed by atoms with Crippen LogP contribution in [0.2, 0.25) is 0 Å². The van der Waals surface area contributed by atoms with Gasteiger partial charge in [0.1, 0.15) is 5.78 Å². The lowest BCUT2D eigenvalue weighted by Gasteiger charge is -2.36. The molecule has 1 aliphatic carbocycles. The minimum absolute atomic E-state index is 0.271. The molecular formula is C16H30N2O. The van der Waals surface area contributed by atoms with E-state index in [0.29, 0.717) is 11.2 Å². The van der Waals surface area contributed by atoms with E-state index in [4.69, 9.17) is 0 Å². The monoisotopic (exact) mass is 266 g/mol. The lowest BCUT2D eigenvalue weighted by atomic mass is 9.71. The van der Waals surface area contributed by atoms with Gasteiger partial charge in [-0.1, -0.05) is 13.8 Å². The molecule has 1 aliphatic heterocycles. The van der Waals surface area contributed by atoms with Crippen LogP contribution in [-0.4, -0.2) is 55.9 Å². The van der Waals surface area contributed by atoms with Gasteiger partial charge < -0.3 is 9.80 Å². The third-order valence-electron chi connectivity index (χ3n) is 4.89. The third-order valence-corrected chi connectivity index (χ3v) is 4.89. The van der Waals surface area contributed by atoms with E-state index >= 15 is 0 Å². The van der Waals surface area contributed by atoms with Crippen molar-refractivity contribution >= 4 is 5.78 Å². The Hall–Kier alpha value is -0.410. The maximum Gasteiger partial charge on any atom is 0.137 e. The highest BCUT2D eigenvalue weighted by Gasteiger charge is 2.34. The van der Waals surface area contributed by atoms with Crippen LogP contribution in [0, 0.1) is 17.3 Å². The van der Waals surface area contributed by atoms with Crippen LogP contribution in [0.4, 0.5) is 0 Å². The summed E-state index contributed by atoms with van der Waals surface area (Å²) in [4.78, 5) is 16.9. The van der Waals surface area contributed by atoms with E-state index in [1.54, 1.807) is 0 Å². The molecule has 0 aromatic heterocycles. The van der Waals surface area contributed by atoms with E-state index in [2.05, 4.69) is 37.7 Å². The molecule has 0 aromatic rings. The lowest BCUT2D eigenvalue weighted by molar-refractivity contribution is -0.127. The van der Waals surface area contributed by atoms with Gasteiger partial charge in [0, 0.05) is 32.0 Å². The predicted molar refractivity (Wildman–Crippen MR) is 79.2 cm³/mol. The Morgan fingerprint density at radius 2 is 2.11 bits per heavy atom. The van der Waals surface area contributed by atoms with Crippen molar-refractivity contribution in [1.29, 1.82) is 0 Å². The number of hydrogen-bond acceptors (Lipinski definition) is 3. The van der Waals surface area contributed by atoms with Gasteiger partial charge in [-0.25, -0.2) is 0 Å². The number of rotatable bonds is 4. The number of likely N-dealkylation sites (tertiary alicyclic amines) is 1. The maximum atomic E-state index is 12.1. The molecule has 3 heteroatoms. The molecule has 2 rings (SSSR count). The summed E-state index contributed by atoms with van der Waals surface area (Å²) >= 11 is 0. The average molecular weight is 266 g/mol. The molecule has 0 spiro atoms. The average Bonchev–Trinajstić information content (AvgIpc) is 2.69. The zero-order valence-electron chi connectivity index (χ0n) is 13.1. The number of nitrogens with zero attached hydrogens (tertiary/aromatic N) is 2. The first kappa shape index (κ1) is 15.0. The third kappa shape index (κ3) is 4.28. The fourth-order valence-corrected chi connectivity index (χ4v) is 3.78. The van der Waals surface area contributed by atoms with Gasteiger partial charge in [-0.15, -0.1) is 0 Å². The van der Waals surface area contributed by atoms with Gasteiger partial charge in [-0.3, -0.25) is 4.79 Å². The fourth-order valence-electron chi connectivity index (χ4n) is 3.78. The summed E-state index contributed by atoms with van der Waals surface area (Å²) in [5.74, 6) is 1.56. The molecular weight excluding hydrogens is 236 g/mol. The van der Waals surface area contributed by atoms with E-state index in [1.807, 2.05) is 0 Å². The minimum Gasteiger partial charge on any atom is -0.306 e. The van der Waals surface area contributed by atoms with Crippen LogP contribution in [0.3, 0.4) is 0 Å². The standard InChI is InChI=1S/C16H30N2O/c1-16(2)7-5-15(19)14(9-16)12-18(4)11-13-6-8-17(3)10-13/h13-14H,5-12H2,1-4H3. The largest absolute Gasteiger partial charge is 0.306 e. The summed E-state index contributed by atoms with van der Waals surface area (Å²) in [6.45, 7) is 9.16. The van der Waals surface area contributed by atoms with E-state index in [-0.39, 0.29) is 5.92 Å². The Bertz CT molecular complexity index is 327. The van der Waals surface area contributed by atoms with Gasteiger partial charge in [-0.2, -0.15) is 0 Å². The Morgan fingerprint density at radius 3 is 2.74 bits per heavy atom. The summed E-state index contributed by atoms with van der Waals surface area (Å²) in [5, 5.41) is 0. The summed E-state index contributed by atoms with van der Waals surface area (Å²) < 4.78 is 0. The second-order valence-corrected chi connectivity index (χ2v) is 7.67. The molecule has 0 N–H and O–H groups in total. The van der Waals surface area contributed by atoms with Crippen LogP contribution in [-0.2, 0) is 4.79 Å². The van der Waals surface area contributed by atoms with Crippen molar-refractivity contribution in [3.8, 4) is 0 Å². The van der Waals surface area contributed by atoms with Crippen molar-refractivity contribution in [3.05, 3.63) is 0 Å². The van der Waals surface area contributed by atoms with Gasteiger partial charge in [0.2, 0.25) is 0 Å². The zero-order valence-corrected chi connectivity index (χ0v) is 13.1. The smallest absolute Gasteiger partial charge is 0.137 e. The molecule has 2 fully saturated rings. The number of hydrogen-bond donors (Lipinski definition) is 0. The summed E-state index contributed by atoms with van der Waals surface area (Å²) in [6.07, 6.45) is 4.24. The van der Waals surface area contributed by atoms with E-state index in [1.165, 1.54) is 19.5 Å². The molecule has 110 valence electrons. The van der Waals surface area contributed by atoms with Crippen LogP contribution in [0.1, 0.15) is 39.5 Å². The highest BCUT2D eigenvalue weighted by Crippen LogP contribution is 2.37. The molecule has 0 radical (unpaired) electrons. The Labute approximate surface area is 118 Å². The van der Waals surface area contributed by atoms with Crippen molar-refractivity contribution < 1.29 is 4.79 Å². The number of carbonyl (C=O) groups excluding carboxylic acids is 1. The van der Waals surface area contributed by atoms with Gasteiger partial charge >= 0.3 is 0 Å². The molecule has 2 unspecified atom stereocenters. The van der Waals surface area contributed by atoms with Crippen molar-refractivity contribution in [2.45, 2.75) is 39.5 Å². The summed E-state index contributed by atoms with van der Waals surface area (Å²) in [7, 11) is 4.39. The molecule has 0 aromatic carbocycles. The normalized spacial score (nSPS) is 32.2. The Balaban J connectivity index is 1.80. The van der Waals surface area contributed by atoms with E-state index < -0.39 is 0 Å². The topological polar surface area (TPSA) is 23.6 Å². The Morgan fingerprint density at radius 1 is 1.37 bits per heavy atom. The Kier molecular flexibility index (Phi) is 4.67. The zero-order chi connectivity index (χ0) is 14.0. The molecule has 0 bridgehead atoms. The van der Waals surface area contributed by atoms with Gasteiger partial charge in [0.15, 0.2) is 0 Å².